The third kappa shape index (κ3) is 2.27. The van der Waals surface area contributed by atoms with Gasteiger partial charge in [0.05, 0.1) is 0 Å². The summed E-state index contributed by atoms with van der Waals surface area (Å²) in [5, 5.41) is 11.1. The number of hydrogen-bond acceptors (Lipinski definition) is 1. The van der Waals surface area contributed by atoms with Crippen LogP contribution in [-0.4, -0.2) is 5.11 Å². The minimum atomic E-state index is -0.918. The van der Waals surface area contributed by atoms with Gasteiger partial charge < -0.3 is 5.11 Å². The molecule has 1 nitrogen and oxygen atoms in total. The number of aryl methyl sites for hydroxylation is 1. The molecule has 1 aliphatic carbocycles. The van der Waals surface area contributed by atoms with Crippen molar-refractivity contribution in [3.05, 3.63) is 70.8 Å². The zero-order valence-corrected chi connectivity index (χ0v) is 12.3. The summed E-state index contributed by atoms with van der Waals surface area (Å²) >= 11 is 0. The average molecular weight is 266 g/mol. The van der Waals surface area contributed by atoms with E-state index in [9.17, 15) is 5.11 Å². The van der Waals surface area contributed by atoms with E-state index in [1.54, 1.807) is 0 Å². The van der Waals surface area contributed by atoms with Gasteiger partial charge in [0.2, 0.25) is 0 Å². The van der Waals surface area contributed by atoms with Crippen LogP contribution in [0.1, 0.15) is 54.4 Å². The second-order valence-corrected chi connectivity index (χ2v) is 6.16. The van der Waals surface area contributed by atoms with E-state index in [4.69, 9.17) is 0 Å². The first-order chi connectivity index (χ1) is 9.59. The van der Waals surface area contributed by atoms with E-state index in [-0.39, 0.29) is 0 Å². The van der Waals surface area contributed by atoms with Crippen LogP contribution in [0.25, 0.3) is 0 Å². The number of rotatable bonds is 3. The maximum atomic E-state index is 11.1. The molecule has 1 saturated carbocycles. The van der Waals surface area contributed by atoms with Crippen molar-refractivity contribution in [2.24, 2.45) is 0 Å². The summed E-state index contributed by atoms with van der Waals surface area (Å²) in [6, 6.07) is 16.6. The van der Waals surface area contributed by atoms with Crippen molar-refractivity contribution in [2.45, 2.75) is 44.6 Å². The highest BCUT2D eigenvalue weighted by atomic mass is 16.3. The van der Waals surface area contributed by atoms with Gasteiger partial charge in [-0.15, -0.1) is 0 Å². The van der Waals surface area contributed by atoms with Gasteiger partial charge in [0.15, 0.2) is 0 Å². The highest BCUT2D eigenvalue weighted by Gasteiger charge is 2.31. The normalized spacial score (nSPS) is 18.4. The molecule has 20 heavy (non-hydrogen) atoms. The van der Waals surface area contributed by atoms with Gasteiger partial charge in [0, 0.05) is 0 Å². The quantitative estimate of drug-likeness (QED) is 0.866. The molecule has 1 N–H and O–H groups in total. The van der Waals surface area contributed by atoms with Crippen LogP contribution in [0.4, 0.5) is 0 Å². The molecule has 2 aromatic rings. The first-order valence-electron chi connectivity index (χ1n) is 7.48. The van der Waals surface area contributed by atoms with Crippen molar-refractivity contribution in [3.63, 3.8) is 0 Å². The molecule has 0 saturated heterocycles. The molecule has 0 aromatic heterocycles. The van der Waals surface area contributed by atoms with Gasteiger partial charge in [-0.3, -0.25) is 0 Å². The van der Waals surface area contributed by atoms with Crippen LogP contribution in [0, 0.1) is 6.92 Å². The smallest absolute Gasteiger partial charge is 0.112 e. The predicted molar refractivity (Wildman–Crippen MR) is 82.9 cm³/mol. The lowest BCUT2D eigenvalue weighted by molar-refractivity contribution is 0.1000. The predicted octanol–water partition coefficient (Wildman–Crippen LogP) is 4.52. The minimum Gasteiger partial charge on any atom is -0.381 e. The van der Waals surface area contributed by atoms with Crippen LogP contribution in [0.3, 0.4) is 0 Å². The van der Waals surface area contributed by atoms with Crippen LogP contribution in [0.2, 0.25) is 0 Å². The van der Waals surface area contributed by atoms with Crippen molar-refractivity contribution < 1.29 is 5.11 Å². The van der Waals surface area contributed by atoms with E-state index >= 15 is 0 Å². The molecule has 0 aliphatic heterocycles. The second kappa shape index (κ2) is 5.06. The zero-order valence-electron chi connectivity index (χ0n) is 12.3. The van der Waals surface area contributed by atoms with E-state index < -0.39 is 5.60 Å². The van der Waals surface area contributed by atoms with Crippen molar-refractivity contribution >= 4 is 0 Å². The Morgan fingerprint density at radius 3 is 2.45 bits per heavy atom. The molecule has 2 aromatic carbocycles. The molecule has 1 fully saturated rings. The van der Waals surface area contributed by atoms with E-state index in [0.29, 0.717) is 5.92 Å². The van der Waals surface area contributed by atoms with Crippen molar-refractivity contribution in [1.82, 2.24) is 0 Å². The van der Waals surface area contributed by atoms with Crippen LogP contribution in [0.15, 0.2) is 48.5 Å². The molecule has 0 spiro atoms. The molecule has 0 heterocycles. The molecule has 1 aliphatic rings. The summed E-state index contributed by atoms with van der Waals surface area (Å²) in [5.41, 5.74) is 3.63. The number of aliphatic hydroxyl groups is 1. The van der Waals surface area contributed by atoms with Gasteiger partial charge in [0.1, 0.15) is 5.60 Å². The summed E-state index contributed by atoms with van der Waals surface area (Å²) in [4.78, 5) is 0. The van der Waals surface area contributed by atoms with Crippen molar-refractivity contribution in [2.75, 3.05) is 0 Å². The lowest BCUT2D eigenvalue weighted by Gasteiger charge is -2.33. The van der Waals surface area contributed by atoms with E-state index in [2.05, 4.69) is 37.3 Å². The second-order valence-electron chi connectivity index (χ2n) is 6.16. The maximum absolute atomic E-state index is 11.1. The molecular formula is C19H22O. The van der Waals surface area contributed by atoms with Crippen LogP contribution >= 0.6 is 0 Å². The fourth-order valence-corrected chi connectivity index (χ4v) is 3.12. The van der Waals surface area contributed by atoms with Gasteiger partial charge in [-0.2, -0.15) is 0 Å². The van der Waals surface area contributed by atoms with Crippen molar-refractivity contribution in [1.29, 1.82) is 0 Å². The average Bonchev–Trinajstić information content (AvgIpc) is 2.37. The first kappa shape index (κ1) is 13.4. The first-order valence-corrected chi connectivity index (χ1v) is 7.48. The van der Waals surface area contributed by atoms with Crippen LogP contribution in [0.5, 0.6) is 0 Å². The third-order valence-corrected chi connectivity index (χ3v) is 4.61. The molecular weight excluding hydrogens is 244 g/mol. The third-order valence-electron chi connectivity index (χ3n) is 4.61. The molecule has 1 unspecified atom stereocenters. The Morgan fingerprint density at radius 2 is 1.80 bits per heavy atom. The largest absolute Gasteiger partial charge is 0.381 e. The van der Waals surface area contributed by atoms with Gasteiger partial charge >= 0.3 is 0 Å². The summed E-state index contributed by atoms with van der Waals surface area (Å²) in [6.45, 7) is 3.98. The molecule has 0 amide bonds. The van der Waals surface area contributed by atoms with Crippen molar-refractivity contribution in [3.8, 4) is 0 Å². The summed E-state index contributed by atoms with van der Waals surface area (Å²) in [7, 11) is 0. The fourth-order valence-electron chi connectivity index (χ4n) is 3.12. The lowest BCUT2D eigenvalue weighted by Crippen LogP contribution is -2.26. The van der Waals surface area contributed by atoms with Crippen LogP contribution < -0.4 is 0 Å². The Labute approximate surface area is 121 Å². The standard InChI is InChI=1S/C19H22O/c1-14-7-5-10-16(13-14)19(2,20)18-12-4-3-11-17(18)15-8-6-9-15/h3-5,7,10-13,15,20H,6,8-9H2,1-2H3. The highest BCUT2D eigenvalue weighted by Crippen LogP contribution is 2.42. The fraction of sp³-hybridized carbons (Fsp3) is 0.368. The summed E-state index contributed by atoms with van der Waals surface area (Å²) < 4.78 is 0. The monoisotopic (exact) mass is 266 g/mol. The van der Waals surface area contributed by atoms with Gasteiger partial charge in [-0.05, 0) is 49.3 Å². The topological polar surface area (TPSA) is 20.2 Å². The van der Waals surface area contributed by atoms with Gasteiger partial charge in [-0.25, -0.2) is 0 Å². The lowest BCUT2D eigenvalue weighted by atomic mass is 9.74. The zero-order chi connectivity index (χ0) is 14.2. The van der Waals surface area contributed by atoms with Gasteiger partial charge in [0.25, 0.3) is 0 Å². The van der Waals surface area contributed by atoms with E-state index in [0.717, 1.165) is 11.1 Å². The van der Waals surface area contributed by atoms with Crippen LogP contribution in [-0.2, 0) is 5.60 Å². The van der Waals surface area contributed by atoms with E-state index in [1.807, 2.05) is 25.1 Å². The molecule has 104 valence electrons. The van der Waals surface area contributed by atoms with E-state index in [1.165, 1.54) is 30.4 Å². The molecule has 1 atom stereocenters. The molecule has 0 bridgehead atoms. The Kier molecular flexibility index (Phi) is 3.39. The number of hydrogen-bond donors (Lipinski definition) is 1. The van der Waals surface area contributed by atoms with Gasteiger partial charge in [-0.1, -0.05) is 60.5 Å². The molecule has 3 rings (SSSR count). The minimum absolute atomic E-state index is 0.627. The molecule has 1 heteroatoms. The Morgan fingerprint density at radius 1 is 1.05 bits per heavy atom. The Bertz CT molecular complexity index is 609. The SMILES string of the molecule is Cc1cccc(C(C)(O)c2ccccc2C2CCC2)c1. The Balaban J connectivity index is 2.07. The summed E-state index contributed by atoms with van der Waals surface area (Å²) in [5.74, 6) is 0.627. The summed E-state index contributed by atoms with van der Waals surface area (Å²) in [6.07, 6.45) is 3.81. The highest BCUT2D eigenvalue weighted by molar-refractivity contribution is 5.43. The number of benzene rings is 2. The maximum Gasteiger partial charge on any atom is 0.112 e. The molecule has 0 radical (unpaired) electrons. The Hall–Kier alpha value is -1.60.